The first-order chi connectivity index (χ1) is 8.49. The molecule has 0 radical (unpaired) electrons. The molecule has 3 nitrogen and oxygen atoms in total. The maximum Gasteiger partial charge on any atom is 0.0829 e. The largest absolute Gasteiger partial charge is 0.374 e. The molecule has 0 unspecified atom stereocenters. The summed E-state index contributed by atoms with van der Waals surface area (Å²) in [6.07, 6.45) is 3.12. The molecule has 0 aromatic heterocycles. The van der Waals surface area contributed by atoms with Gasteiger partial charge in [-0.3, -0.25) is 0 Å². The van der Waals surface area contributed by atoms with Gasteiger partial charge in [-0.1, -0.05) is 40.5 Å². The van der Waals surface area contributed by atoms with E-state index in [4.69, 9.17) is 4.74 Å². The fourth-order valence-electron chi connectivity index (χ4n) is 2.03. The minimum Gasteiger partial charge on any atom is -0.374 e. The first kappa shape index (κ1) is 17.9. The van der Waals surface area contributed by atoms with Gasteiger partial charge in [-0.2, -0.15) is 0 Å². The van der Waals surface area contributed by atoms with Crippen molar-refractivity contribution in [3.63, 3.8) is 0 Å². The van der Waals surface area contributed by atoms with Crippen LogP contribution < -0.4 is 0 Å². The molecule has 0 amide bonds. The lowest BCUT2D eigenvalue weighted by atomic mass is 10.1. The Balaban J connectivity index is 0.000000411. The lowest BCUT2D eigenvalue weighted by Crippen LogP contribution is -2.45. The standard InChI is InChI=1S/C9H20N2O.C6H14/c1-4-10(2)7-9-8-11(3)5-6-12-9;1-4-5-6(2)3/h9H,4-8H2,1-3H3;6H,4-5H2,1-3H3/t9-;/m1./s1. The summed E-state index contributed by atoms with van der Waals surface area (Å²) in [6.45, 7) is 14.1. The molecular weight excluding hydrogens is 224 g/mol. The Morgan fingerprint density at radius 2 is 2.00 bits per heavy atom. The molecule has 0 bridgehead atoms. The van der Waals surface area contributed by atoms with Crippen LogP contribution >= 0.6 is 0 Å². The van der Waals surface area contributed by atoms with Crippen molar-refractivity contribution in [3.05, 3.63) is 0 Å². The van der Waals surface area contributed by atoms with Crippen molar-refractivity contribution in [1.29, 1.82) is 0 Å². The monoisotopic (exact) mass is 258 g/mol. The van der Waals surface area contributed by atoms with Crippen LogP contribution in [0.15, 0.2) is 0 Å². The number of likely N-dealkylation sites (N-methyl/N-ethyl adjacent to an activating group) is 2. The zero-order valence-electron chi connectivity index (χ0n) is 13.4. The molecular formula is C15H34N2O. The van der Waals surface area contributed by atoms with Crippen LogP contribution in [-0.4, -0.2) is 62.8 Å². The van der Waals surface area contributed by atoms with Gasteiger partial charge >= 0.3 is 0 Å². The Bertz CT molecular complexity index is 185. The van der Waals surface area contributed by atoms with Crippen molar-refractivity contribution in [3.8, 4) is 0 Å². The van der Waals surface area contributed by atoms with Crippen molar-refractivity contribution in [1.82, 2.24) is 9.80 Å². The van der Waals surface area contributed by atoms with Gasteiger partial charge in [-0.05, 0) is 26.6 Å². The first-order valence-electron chi connectivity index (χ1n) is 7.48. The summed E-state index contributed by atoms with van der Waals surface area (Å²) < 4.78 is 5.64. The third-order valence-corrected chi connectivity index (χ3v) is 3.26. The molecule has 1 rings (SSSR count). The third-order valence-electron chi connectivity index (χ3n) is 3.26. The maximum atomic E-state index is 5.64. The molecule has 0 spiro atoms. The van der Waals surface area contributed by atoms with Crippen LogP contribution in [0.1, 0.15) is 40.5 Å². The topological polar surface area (TPSA) is 15.7 Å². The second kappa shape index (κ2) is 10.8. The number of nitrogens with zero attached hydrogens (tertiary/aromatic N) is 2. The highest BCUT2D eigenvalue weighted by Crippen LogP contribution is 2.03. The van der Waals surface area contributed by atoms with Crippen LogP contribution in [0.4, 0.5) is 0 Å². The smallest absolute Gasteiger partial charge is 0.0829 e. The van der Waals surface area contributed by atoms with Crippen molar-refractivity contribution in [2.75, 3.05) is 46.9 Å². The van der Waals surface area contributed by atoms with Gasteiger partial charge < -0.3 is 14.5 Å². The summed E-state index contributed by atoms with van der Waals surface area (Å²) in [6, 6.07) is 0. The second-order valence-corrected chi connectivity index (χ2v) is 5.79. The van der Waals surface area contributed by atoms with E-state index in [-0.39, 0.29) is 0 Å². The van der Waals surface area contributed by atoms with Crippen LogP contribution in [-0.2, 0) is 4.74 Å². The summed E-state index contributed by atoms with van der Waals surface area (Å²) in [5.74, 6) is 0.898. The molecule has 0 aromatic rings. The quantitative estimate of drug-likeness (QED) is 0.754. The average molecular weight is 258 g/mol. The van der Waals surface area contributed by atoms with Gasteiger partial charge in [0.1, 0.15) is 0 Å². The zero-order valence-corrected chi connectivity index (χ0v) is 13.4. The summed E-state index contributed by atoms with van der Waals surface area (Å²) in [5.41, 5.74) is 0. The highest BCUT2D eigenvalue weighted by Gasteiger charge is 2.18. The van der Waals surface area contributed by atoms with Gasteiger partial charge in [0, 0.05) is 19.6 Å². The average Bonchev–Trinajstić information content (AvgIpc) is 2.29. The van der Waals surface area contributed by atoms with Crippen LogP contribution in [0, 0.1) is 5.92 Å². The number of ether oxygens (including phenoxy) is 1. The van der Waals surface area contributed by atoms with Crippen LogP contribution in [0.2, 0.25) is 0 Å². The summed E-state index contributed by atoms with van der Waals surface area (Å²) in [4.78, 5) is 4.63. The predicted molar refractivity (Wildman–Crippen MR) is 80.2 cm³/mol. The van der Waals surface area contributed by atoms with E-state index in [0.717, 1.165) is 38.7 Å². The first-order valence-corrected chi connectivity index (χ1v) is 7.48. The lowest BCUT2D eigenvalue weighted by Gasteiger charge is -2.32. The maximum absolute atomic E-state index is 5.64. The van der Waals surface area contributed by atoms with E-state index in [2.05, 4.69) is 51.6 Å². The highest BCUT2D eigenvalue weighted by atomic mass is 16.5. The molecule has 0 saturated carbocycles. The van der Waals surface area contributed by atoms with E-state index < -0.39 is 0 Å². The Labute approximate surface area is 114 Å². The van der Waals surface area contributed by atoms with Gasteiger partial charge in [-0.25, -0.2) is 0 Å². The van der Waals surface area contributed by atoms with Crippen molar-refractivity contribution < 1.29 is 4.74 Å². The Morgan fingerprint density at radius 3 is 2.39 bits per heavy atom. The fraction of sp³-hybridized carbons (Fsp3) is 1.00. The molecule has 0 aromatic carbocycles. The molecule has 3 heteroatoms. The fourth-order valence-corrected chi connectivity index (χ4v) is 2.03. The van der Waals surface area contributed by atoms with Gasteiger partial charge in [0.15, 0.2) is 0 Å². The van der Waals surface area contributed by atoms with E-state index in [0.29, 0.717) is 6.10 Å². The molecule has 1 heterocycles. The molecule has 110 valence electrons. The van der Waals surface area contributed by atoms with E-state index in [1.54, 1.807) is 0 Å². The molecule has 0 N–H and O–H groups in total. The van der Waals surface area contributed by atoms with E-state index in [1.165, 1.54) is 12.8 Å². The molecule has 1 saturated heterocycles. The summed E-state index contributed by atoms with van der Waals surface area (Å²) >= 11 is 0. The molecule has 1 aliphatic rings. The number of morpholine rings is 1. The summed E-state index contributed by atoms with van der Waals surface area (Å²) in [5, 5.41) is 0. The Kier molecular flexibility index (Phi) is 10.7. The molecule has 1 fully saturated rings. The third kappa shape index (κ3) is 9.86. The molecule has 18 heavy (non-hydrogen) atoms. The SMILES string of the molecule is CCCC(C)C.CCN(C)C[C@@H]1CN(C)CCO1. The number of hydrogen-bond acceptors (Lipinski definition) is 3. The predicted octanol–water partition coefficient (Wildman–Crippen LogP) is 2.71. The van der Waals surface area contributed by atoms with E-state index in [9.17, 15) is 0 Å². The van der Waals surface area contributed by atoms with Crippen molar-refractivity contribution in [2.24, 2.45) is 5.92 Å². The van der Waals surface area contributed by atoms with E-state index in [1.807, 2.05) is 0 Å². The second-order valence-electron chi connectivity index (χ2n) is 5.79. The molecule has 0 aliphatic carbocycles. The van der Waals surface area contributed by atoms with Crippen LogP contribution in [0.5, 0.6) is 0 Å². The molecule has 1 atom stereocenters. The van der Waals surface area contributed by atoms with Gasteiger partial charge in [0.05, 0.1) is 12.7 Å². The van der Waals surface area contributed by atoms with Crippen LogP contribution in [0.3, 0.4) is 0 Å². The van der Waals surface area contributed by atoms with Gasteiger partial charge in [0.2, 0.25) is 0 Å². The van der Waals surface area contributed by atoms with E-state index >= 15 is 0 Å². The molecule has 1 aliphatic heterocycles. The minimum absolute atomic E-state index is 0.411. The zero-order chi connectivity index (χ0) is 14.0. The summed E-state index contributed by atoms with van der Waals surface area (Å²) in [7, 11) is 4.29. The van der Waals surface area contributed by atoms with Crippen molar-refractivity contribution >= 4 is 0 Å². The number of rotatable bonds is 5. The number of hydrogen-bond donors (Lipinski definition) is 0. The lowest BCUT2D eigenvalue weighted by molar-refractivity contribution is -0.0319. The highest BCUT2D eigenvalue weighted by molar-refractivity contribution is 4.71. The minimum atomic E-state index is 0.411. The van der Waals surface area contributed by atoms with Crippen molar-refractivity contribution in [2.45, 2.75) is 46.6 Å². The van der Waals surface area contributed by atoms with Crippen LogP contribution in [0.25, 0.3) is 0 Å². The Morgan fingerprint density at radius 1 is 1.33 bits per heavy atom. The normalized spacial score (nSPS) is 21.0. The Hall–Kier alpha value is -0.120. The van der Waals surface area contributed by atoms with Gasteiger partial charge in [0.25, 0.3) is 0 Å². The van der Waals surface area contributed by atoms with Gasteiger partial charge in [-0.15, -0.1) is 0 Å².